The number of urea groups is 1. The van der Waals surface area contributed by atoms with E-state index < -0.39 is 0 Å². The molecule has 1 fully saturated rings. The molecule has 0 unspecified atom stereocenters. The number of fused-ring (bicyclic) bond motifs is 1. The largest absolute Gasteiger partial charge is 0.371 e. The summed E-state index contributed by atoms with van der Waals surface area (Å²) in [4.78, 5) is 21.2. The van der Waals surface area contributed by atoms with Gasteiger partial charge in [0, 0.05) is 45.5 Å². The topological polar surface area (TPSA) is 53.4 Å². The van der Waals surface area contributed by atoms with Gasteiger partial charge in [-0.05, 0) is 49.4 Å². The number of aryl methyl sites for hydroxylation is 1. The smallest absolute Gasteiger partial charge is 0.317 e. The van der Waals surface area contributed by atoms with E-state index >= 15 is 0 Å². The number of imidazole rings is 1. The zero-order valence-electron chi connectivity index (χ0n) is 17.8. The summed E-state index contributed by atoms with van der Waals surface area (Å²) in [5.74, 6) is 0. The molecule has 2 aromatic carbocycles. The van der Waals surface area contributed by atoms with Crippen molar-refractivity contribution in [2.45, 2.75) is 38.8 Å². The number of nitrogens with one attached hydrogen (secondary N) is 1. The normalized spacial score (nSPS) is 14.1. The van der Waals surface area contributed by atoms with Gasteiger partial charge < -0.3 is 19.7 Å². The van der Waals surface area contributed by atoms with Crippen LogP contribution in [0.5, 0.6) is 0 Å². The van der Waals surface area contributed by atoms with Crippen LogP contribution >= 0.6 is 0 Å². The van der Waals surface area contributed by atoms with Crippen molar-refractivity contribution in [3.63, 3.8) is 0 Å². The first-order chi connectivity index (χ1) is 14.7. The molecule has 0 atom stereocenters. The second kappa shape index (κ2) is 9.65. The van der Waals surface area contributed by atoms with E-state index in [-0.39, 0.29) is 6.03 Å². The molecule has 0 aliphatic carbocycles. The maximum absolute atomic E-state index is 12.6. The van der Waals surface area contributed by atoms with Crippen molar-refractivity contribution in [2.75, 3.05) is 31.6 Å². The van der Waals surface area contributed by atoms with Crippen molar-refractivity contribution in [3.05, 3.63) is 60.4 Å². The van der Waals surface area contributed by atoms with E-state index in [0.717, 1.165) is 37.1 Å². The highest BCUT2D eigenvalue weighted by Crippen LogP contribution is 2.25. The van der Waals surface area contributed by atoms with Crippen molar-refractivity contribution in [3.8, 4) is 0 Å². The van der Waals surface area contributed by atoms with E-state index in [0.29, 0.717) is 13.1 Å². The summed E-state index contributed by atoms with van der Waals surface area (Å²) >= 11 is 0. The minimum absolute atomic E-state index is 0.0288. The Kier molecular flexibility index (Phi) is 6.52. The number of aromatic nitrogens is 2. The van der Waals surface area contributed by atoms with Gasteiger partial charge in [-0.3, -0.25) is 0 Å². The number of nitrogens with zero attached hydrogens (tertiary/aromatic N) is 4. The van der Waals surface area contributed by atoms with Gasteiger partial charge in [0.2, 0.25) is 0 Å². The molecule has 1 aromatic heterocycles. The first-order valence-electron chi connectivity index (χ1n) is 10.9. The molecule has 0 saturated carbocycles. The fourth-order valence-corrected chi connectivity index (χ4v) is 4.18. The summed E-state index contributed by atoms with van der Waals surface area (Å²) in [5.41, 5.74) is 4.62. The number of para-hydroxylation sites is 3. The van der Waals surface area contributed by atoms with Crippen LogP contribution in [0.1, 0.15) is 31.2 Å². The number of benzene rings is 2. The second-order valence-electron chi connectivity index (χ2n) is 8.04. The predicted octanol–water partition coefficient (Wildman–Crippen LogP) is 4.26. The Morgan fingerprint density at radius 1 is 1.07 bits per heavy atom. The number of hydrogen-bond donors (Lipinski definition) is 1. The Labute approximate surface area is 178 Å². The minimum Gasteiger partial charge on any atom is -0.371 e. The van der Waals surface area contributed by atoms with Gasteiger partial charge in [-0.1, -0.05) is 30.3 Å². The fraction of sp³-hybridized carbons (Fsp3) is 0.417. The average molecular weight is 406 g/mol. The molecule has 0 bridgehead atoms. The molecule has 1 aliphatic heterocycles. The first kappa shape index (κ1) is 20.3. The average Bonchev–Trinajstić information content (AvgIpc) is 3.20. The number of carbonyl (C=O) groups excluding carboxylic acids is 1. The van der Waals surface area contributed by atoms with Gasteiger partial charge in [-0.25, -0.2) is 9.78 Å². The van der Waals surface area contributed by atoms with E-state index in [1.54, 1.807) is 4.90 Å². The van der Waals surface area contributed by atoms with Crippen molar-refractivity contribution >= 4 is 22.8 Å². The molecule has 1 N–H and O–H groups in total. The monoisotopic (exact) mass is 405 g/mol. The SMILES string of the molecule is CN(Cc1ccccc1N1CCCCC1)C(=O)NCCCn1cnc2ccccc21. The summed E-state index contributed by atoms with van der Waals surface area (Å²) < 4.78 is 2.14. The highest BCUT2D eigenvalue weighted by atomic mass is 16.2. The lowest BCUT2D eigenvalue weighted by Crippen LogP contribution is -2.38. The second-order valence-corrected chi connectivity index (χ2v) is 8.04. The number of amides is 2. The van der Waals surface area contributed by atoms with Crippen molar-refractivity contribution in [1.29, 1.82) is 0 Å². The zero-order valence-corrected chi connectivity index (χ0v) is 17.8. The molecular weight excluding hydrogens is 374 g/mol. The summed E-state index contributed by atoms with van der Waals surface area (Å²) in [6.07, 6.45) is 6.55. The summed E-state index contributed by atoms with van der Waals surface area (Å²) in [6.45, 7) is 4.31. The number of carbonyl (C=O) groups is 1. The number of piperidine rings is 1. The minimum atomic E-state index is -0.0288. The third-order valence-corrected chi connectivity index (χ3v) is 5.82. The van der Waals surface area contributed by atoms with Crippen LogP contribution in [0.3, 0.4) is 0 Å². The molecule has 30 heavy (non-hydrogen) atoms. The maximum atomic E-state index is 12.6. The van der Waals surface area contributed by atoms with E-state index in [2.05, 4.69) is 50.1 Å². The Morgan fingerprint density at radius 3 is 2.70 bits per heavy atom. The fourth-order valence-electron chi connectivity index (χ4n) is 4.18. The van der Waals surface area contributed by atoms with Crippen LogP contribution in [0.25, 0.3) is 11.0 Å². The summed E-state index contributed by atoms with van der Waals surface area (Å²) in [6, 6.07) is 16.6. The van der Waals surface area contributed by atoms with Gasteiger partial charge in [0.25, 0.3) is 0 Å². The van der Waals surface area contributed by atoms with Crippen LogP contribution in [0.2, 0.25) is 0 Å². The molecule has 1 saturated heterocycles. The van der Waals surface area contributed by atoms with Crippen molar-refractivity contribution < 1.29 is 4.79 Å². The third kappa shape index (κ3) is 4.75. The molecule has 4 rings (SSSR count). The Balaban J connectivity index is 1.27. The standard InChI is InChI=1S/C24H31N5O/c1-27(18-20-10-3-5-12-22(20)28-15-7-2-8-16-28)24(30)25-14-9-17-29-19-26-21-11-4-6-13-23(21)29/h3-6,10-13,19H,2,7-9,14-18H2,1H3,(H,25,30). The lowest BCUT2D eigenvalue weighted by Gasteiger charge is -2.31. The highest BCUT2D eigenvalue weighted by Gasteiger charge is 2.16. The predicted molar refractivity (Wildman–Crippen MR) is 122 cm³/mol. The highest BCUT2D eigenvalue weighted by molar-refractivity contribution is 5.75. The van der Waals surface area contributed by atoms with Gasteiger partial charge >= 0.3 is 6.03 Å². The van der Waals surface area contributed by atoms with Crippen LogP contribution in [0, 0.1) is 0 Å². The Morgan fingerprint density at radius 2 is 1.83 bits per heavy atom. The molecule has 2 amide bonds. The summed E-state index contributed by atoms with van der Waals surface area (Å²) in [7, 11) is 1.87. The van der Waals surface area contributed by atoms with Gasteiger partial charge in [-0.2, -0.15) is 0 Å². The van der Waals surface area contributed by atoms with Crippen molar-refractivity contribution in [1.82, 2.24) is 19.8 Å². The van der Waals surface area contributed by atoms with E-state index in [1.807, 2.05) is 31.6 Å². The molecule has 1 aliphatic rings. The van der Waals surface area contributed by atoms with Crippen LogP contribution < -0.4 is 10.2 Å². The lowest BCUT2D eigenvalue weighted by atomic mass is 10.1. The van der Waals surface area contributed by atoms with Crippen LogP contribution in [0.15, 0.2) is 54.9 Å². The molecular formula is C24H31N5O. The number of anilines is 1. The van der Waals surface area contributed by atoms with Gasteiger partial charge in [0.1, 0.15) is 0 Å². The van der Waals surface area contributed by atoms with E-state index in [9.17, 15) is 4.79 Å². The van der Waals surface area contributed by atoms with E-state index in [4.69, 9.17) is 0 Å². The van der Waals surface area contributed by atoms with E-state index in [1.165, 1.54) is 30.5 Å². The van der Waals surface area contributed by atoms with Crippen LogP contribution in [0.4, 0.5) is 10.5 Å². The van der Waals surface area contributed by atoms with Crippen LogP contribution in [-0.2, 0) is 13.1 Å². The zero-order chi connectivity index (χ0) is 20.8. The molecule has 158 valence electrons. The number of hydrogen-bond acceptors (Lipinski definition) is 3. The van der Waals surface area contributed by atoms with Crippen molar-refractivity contribution in [2.24, 2.45) is 0 Å². The molecule has 3 aromatic rings. The van der Waals surface area contributed by atoms with Gasteiger partial charge in [0.05, 0.1) is 17.4 Å². The maximum Gasteiger partial charge on any atom is 0.317 e. The third-order valence-electron chi connectivity index (χ3n) is 5.82. The lowest BCUT2D eigenvalue weighted by molar-refractivity contribution is 0.206. The van der Waals surface area contributed by atoms with Crippen LogP contribution in [-0.4, -0.2) is 47.2 Å². The number of rotatable bonds is 7. The molecule has 0 radical (unpaired) electrons. The molecule has 6 nitrogen and oxygen atoms in total. The first-order valence-corrected chi connectivity index (χ1v) is 10.9. The van der Waals surface area contributed by atoms with Gasteiger partial charge in [-0.15, -0.1) is 0 Å². The molecule has 6 heteroatoms. The Bertz CT molecular complexity index is 976. The molecule has 0 spiro atoms. The molecule has 2 heterocycles. The summed E-state index contributed by atoms with van der Waals surface area (Å²) in [5, 5.41) is 3.05. The Hall–Kier alpha value is -3.02. The van der Waals surface area contributed by atoms with Gasteiger partial charge in [0.15, 0.2) is 0 Å². The quantitative estimate of drug-likeness (QED) is 0.598.